The molecule has 0 aliphatic carbocycles. The van der Waals surface area contributed by atoms with E-state index in [4.69, 9.17) is 0 Å². The van der Waals surface area contributed by atoms with Crippen molar-refractivity contribution >= 4 is 43.2 Å². The smallest absolute Gasteiger partial charge is 0.243 e. The van der Waals surface area contributed by atoms with Gasteiger partial charge in [0.1, 0.15) is 0 Å². The normalized spacial score (nSPS) is 15.2. The fraction of sp³-hybridized carbons (Fsp3) is 0.417. The molecule has 2 aromatic carbocycles. The third kappa shape index (κ3) is 5.36. The summed E-state index contributed by atoms with van der Waals surface area (Å²) in [6.45, 7) is 3.00. The average molecular weight is 472 g/mol. The first-order valence-electron chi connectivity index (χ1n) is 11.2. The van der Waals surface area contributed by atoms with Crippen molar-refractivity contribution in [2.24, 2.45) is 0 Å². The Balaban J connectivity index is 1.32. The molecule has 3 aromatic rings. The zero-order valence-corrected chi connectivity index (χ0v) is 20.0. The van der Waals surface area contributed by atoms with Gasteiger partial charge >= 0.3 is 0 Å². The minimum atomic E-state index is -3.52. The highest BCUT2D eigenvalue weighted by Gasteiger charge is 2.26. The van der Waals surface area contributed by atoms with Crippen LogP contribution in [-0.4, -0.2) is 36.7 Å². The number of aromatic nitrogens is 1. The number of para-hydroxylation sites is 1. The van der Waals surface area contributed by atoms with E-state index in [2.05, 4.69) is 16.4 Å². The summed E-state index contributed by atoms with van der Waals surface area (Å²) in [6.07, 6.45) is 5.75. The molecule has 1 N–H and O–H groups in total. The summed E-state index contributed by atoms with van der Waals surface area (Å²) < 4.78 is 28.7. The second kappa shape index (κ2) is 10.1. The third-order valence-electron chi connectivity index (χ3n) is 5.82. The molecule has 2 heterocycles. The number of carbonyl (C=O) groups excluding carboxylic acids is 1. The van der Waals surface area contributed by atoms with Gasteiger partial charge < -0.3 is 5.32 Å². The van der Waals surface area contributed by atoms with Crippen LogP contribution in [0.5, 0.6) is 0 Å². The van der Waals surface area contributed by atoms with Gasteiger partial charge in [-0.05, 0) is 68.9 Å². The van der Waals surface area contributed by atoms with E-state index >= 15 is 0 Å². The molecule has 8 heteroatoms. The zero-order valence-electron chi connectivity index (χ0n) is 18.3. The van der Waals surface area contributed by atoms with Crippen LogP contribution in [0.1, 0.15) is 49.1 Å². The highest BCUT2D eigenvalue weighted by atomic mass is 32.2. The Morgan fingerprint density at radius 1 is 1.09 bits per heavy atom. The van der Waals surface area contributed by atoms with Gasteiger partial charge in [-0.25, -0.2) is 13.4 Å². The molecule has 1 saturated heterocycles. The van der Waals surface area contributed by atoms with Crippen molar-refractivity contribution in [1.82, 2.24) is 9.29 Å². The molecular weight excluding hydrogens is 442 g/mol. The fourth-order valence-corrected chi connectivity index (χ4v) is 6.50. The molecule has 1 aliphatic rings. The molecule has 170 valence electrons. The number of nitrogens with zero attached hydrogens (tertiary/aromatic N) is 2. The lowest BCUT2D eigenvalue weighted by Crippen LogP contribution is -2.35. The van der Waals surface area contributed by atoms with Crippen LogP contribution in [0.25, 0.3) is 10.2 Å². The van der Waals surface area contributed by atoms with Gasteiger partial charge in [0.2, 0.25) is 15.9 Å². The number of hydrogen-bond acceptors (Lipinski definition) is 5. The third-order valence-corrected chi connectivity index (χ3v) is 8.81. The summed E-state index contributed by atoms with van der Waals surface area (Å²) in [6, 6.07) is 13.1. The molecule has 0 saturated carbocycles. The summed E-state index contributed by atoms with van der Waals surface area (Å²) in [5, 5.41) is 4.01. The SMILES string of the molecule is Cc1ccc(S(=O)(=O)N2CCCCC2)cc1NC(=O)CCCCc1nc2ccccc2s1. The summed E-state index contributed by atoms with van der Waals surface area (Å²) in [5.41, 5.74) is 2.45. The number of anilines is 1. The van der Waals surface area contributed by atoms with Crippen molar-refractivity contribution in [2.75, 3.05) is 18.4 Å². The van der Waals surface area contributed by atoms with Gasteiger partial charge in [0.05, 0.1) is 20.1 Å². The van der Waals surface area contributed by atoms with E-state index in [1.54, 1.807) is 33.8 Å². The number of aryl methyl sites for hydroxylation is 2. The van der Waals surface area contributed by atoms with Crippen LogP contribution >= 0.6 is 11.3 Å². The van der Waals surface area contributed by atoms with Crippen LogP contribution in [0.4, 0.5) is 5.69 Å². The molecule has 4 rings (SSSR count). The summed E-state index contributed by atoms with van der Waals surface area (Å²) in [5.74, 6) is -0.0927. The van der Waals surface area contributed by atoms with E-state index in [9.17, 15) is 13.2 Å². The number of hydrogen-bond donors (Lipinski definition) is 1. The standard InChI is InChI=1S/C24H29N3O3S2/c1-18-13-14-19(32(29,30)27-15-7-2-8-16-27)17-21(18)25-23(28)11-5-6-12-24-26-20-9-3-4-10-22(20)31-24/h3-4,9-10,13-14,17H,2,5-8,11-12,15-16H2,1H3,(H,25,28). The van der Waals surface area contributed by atoms with Crippen molar-refractivity contribution in [2.45, 2.75) is 56.8 Å². The molecular formula is C24H29N3O3S2. The highest BCUT2D eigenvalue weighted by Crippen LogP contribution is 2.26. The molecule has 0 atom stereocenters. The maximum absolute atomic E-state index is 13.0. The highest BCUT2D eigenvalue weighted by molar-refractivity contribution is 7.89. The Kier molecular flexibility index (Phi) is 7.23. The minimum Gasteiger partial charge on any atom is -0.326 e. The van der Waals surface area contributed by atoms with Gasteiger partial charge in [0.25, 0.3) is 0 Å². The maximum atomic E-state index is 13.0. The quantitative estimate of drug-likeness (QED) is 0.462. The maximum Gasteiger partial charge on any atom is 0.243 e. The Morgan fingerprint density at radius 2 is 1.88 bits per heavy atom. The molecule has 0 bridgehead atoms. The molecule has 1 aromatic heterocycles. The van der Waals surface area contributed by atoms with Crippen molar-refractivity contribution in [3.63, 3.8) is 0 Å². The number of nitrogens with one attached hydrogen (secondary N) is 1. The molecule has 0 spiro atoms. The number of unbranched alkanes of at least 4 members (excludes halogenated alkanes) is 1. The van der Waals surface area contributed by atoms with Gasteiger partial charge in [-0.3, -0.25) is 4.79 Å². The first-order chi connectivity index (χ1) is 15.4. The van der Waals surface area contributed by atoms with Crippen molar-refractivity contribution in [3.05, 3.63) is 53.0 Å². The van der Waals surface area contributed by atoms with Crippen molar-refractivity contribution < 1.29 is 13.2 Å². The van der Waals surface area contributed by atoms with Crippen molar-refractivity contribution in [1.29, 1.82) is 0 Å². The topological polar surface area (TPSA) is 79.4 Å². The van der Waals surface area contributed by atoms with Gasteiger partial charge in [0.15, 0.2) is 0 Å². The molecule has 1 aliphatic heterocycles. The van der Waals surface area contributed by atoms with Gasteiger partial charge in [-0.1, -0.05) is 24.6 Å². The van der Waals surface area contributed by atoms with Crippen molar-refractivity contribution in [3.8, 4) is 0 Å². The van der Waals surface area contributed by atoms with E-state index in [1.165, 1.54) is 4.70 Å². The number of amides is 1. The van der Waals surface area contributed by atoms with Crippen LogP contribution < -0.4 is 5.32 Å². The van der Waals surface area contributed by atoms with Crippen LogP contribution in [0.2, 0.25) is 0 Å². The van der Waals surface area contributed by atoms with Crippen LogP contribution in [-0.2, 0) is 21.2 Å². The lowest BCUT2D eigenvalue weighted by molar-refractivity contribution is -0.116. The average Bonchev–Trinajstić information content (AvgIpc) is 3.21. The first-order valence-corrected chi connectivity index (χ1v) is 13.4. The molecule has 0 radical (unpaired) electrons. The van der Waals surface area contributed by atoms with Gasteiger partial charge in [0, 0.05) is 25.2 Å². The first kappa shape index (κ1) is 22.9. The van der Waals surface area contributed by atoms with E-state index in [0.717, 1.165) is 54.6 Å². The largest absolute Gasteiger partial charge is 0.326 e. The monoisotopic (exact) mass is 471 g/mol. The fourth-order valence-electron chi connectivity index (χ4n) is 3.95. The summed E-state index contributed by atoms with van der Waals surface area (Å²) >= 11 is 1.70. The van der Waals surface area contributed by atoms with E-state index < -0.39 is 10.0 Å². The molecule has 1 fully saturated rings. The Hall–Kier alpha value is -2.29. The van der Waals surface area contributed by atoms with Crippen LogP contribution in [0, 0.1) is 6.92 Å². The molecule has 6 nitrogen and oxygen atoms in total. The number of fused-ring (bicyclic) bond motifs is 1. The predicted molar refractivity (Wildman–Crippen MR) is 130 cm³/mol. The predicted octanol–water partition coefficient (Wildman–Crippen LogP) is 5.13. The lowest BCUT2D eigenvalue weighted by Gasteiger charge is -2.26. The number of benzene rings is 2. The van der Waals surface area contributed by atoms with E-state index in [1.807, 2.05) is 25.1 Å². The Labute approximate surface area is 193 Å². The van der Waals surface area contributed by atoms with Gasteiger partial charge in [-0.2, -0.15) is 4.31 Å². The number of thiazole rings is 1. The molecule has 32 heavy (non-hydrogen) atoms. The minimum absolute atomic E-state index is 0.0927. The lowest BCUT2D eigenvalue weighted by atomic mass is 10.1. The summed E-state index contributed by atoms with van der Waals surface area (Å²) in [7, 11) is -3.52. The number of carbonyl (C=O) groups is 1. The molecule has 0 unspecified atom stereocenters. The summed E-state index contributed by atoms with van der Waals surface area (Å²) in [4.78, 5) is 17.4. The van der Waals surface area contributed by atoms with Crippen LogP contribution in [0.3, 0.4) is 0 Å². The Morgan fingerprint density at radius 3 is 2.66 bits per heavy atom. The number of rotatable bonds is 8. The molecule has 1 amide bonds. The number of piperidine rings is 1. The zero-order chi connectivity index (χ0) is 22.6. The second-order valence-corrected chi connectivity index (χ2v) is 11.3. The second-order valence-electron chi connectivity index (χ2n) is 8.27. The Bertz CT molecular complexity index is 1170. The number of sulfonamides is 1. The van der Waals surface area contributed by atoms with Gasteiger partial charge in [-0.15, -0.1) is 11.3 Å². The van der Waals surface area contributed by atoms with Crippen LogP contribution in [0.15, 0.2) is 47.4 Å². The van der Waals surface area contributed by atoms with E-state index in [0.29, 0.717) is 25.2 Å². The van der Waals surface area contributed by atoms with E-state index in [-0.39, 0.29) is 10.8 Å².